The zero-order chi connectivity index (χ0) is 20.3. The first-order valence-electron chi connectivity index (χ1n) is 8.29. The first kappa shape index (κ1) is 19.3. The predicted molar refractivity (Wildman–Crippen MR) is 104 cm³/mol. The molecule has 0 unspecified atom stereocenters. The summed E-state index contributed by atoms with van der Waals surface area (Å²) in [5, 5.41) is 10.5. The highest BCUT2D eigenvalue weighted by molar-refractivity contribution is 7.91. The highest BCUT2D eigenvalue weighted by atomic mass is 35.5. The number of methoxy groups -OCH3 is 1. The fraction of sp³-hybridized carbons (Fsp3) is 0.353. The third-order valence-corrected chi connectivity index (χ3v) is 7.71. The normalized spacial score (nSPS) is 20.9. The van der Waals surface area contributed by atoms with Crippen LogP contribution in [0.15, 0.2) is 33.1 Å². The van der Waals surface area contributed by atoms with Crippen LogP contribution in [0.5, 0.6) is 5.75 Å². The van der Waals surface area contributed by atoms with Crippen LogP contribution in [0, 0.1) is 5.41 Å². The second kappa shape index (κ2) is 6.51. The molecule has 148 valence electrons. The van der Waals surface area contributed by atoms with E-state index in [-0.39, 0.29) is 21.5 Å². The van der Waals surface area contributed by atoms with E-state index in [9.17, 15) is 8.42 Å². The third kappa shape index (κ3) is 3.20. The van der Waals surface area contributed by atoms with Crippen LogP contribution >= 0.6 is 22.9 Å². The number of ether oxygens (including phenoxy) is 1. The Morgan fingerprint density at radius 3 is 2.71 bits per heavy atom. The molecule has 0 saturated heterocycles. The van der Waals surface area contributed by atoms with Crippen molar-refractivity contribution in [2.75, 3.05) is 7.11 Å². The Kier molecular flexibility index (Phi) is 4.49. The molecule has 8 nitrogen and oxygen atoms in total. The Morgan fingerprint density at radius 1 is 1.32 bits per heavy atom. The van der Waals surface area contributed by atoms with Gasteiger partial charge in [0.25, 0.3) is 0 Å². The van der Waals surface area contributed by atoms with Gasteiger partial charge in [-0.25, -0.2) is 18.5 Å². The van der Waals surface area contributed by atoms with Crippen LogP contribution in [0.2, 0.25) is 5.02 Å². The van der Waals surface area contributed by atoms with Gasteiger partial charge < -0.3 is 9.26 Å². The summed E-state index contributed by atoms with van der Waals surface area (Å²) in [6.45, 7) is 4.09. The van der Waals surface area contributed by atoms with Gasteiger partial charge in [-0.05, 0) is 23.6 Å². The molecule has 2 aromatic heterocycles. The Balaban J connectivity index is 1.66. The van der Waals surface area contributed by atoms with Gasteiger partial charge in [0.15, 0.2) is 4.21 Å². The summed E-state index contributed by atoms with van der Waals surface area (Å²) < 4.78 is 34.0. The van der Waals surface area contributed by atoms with Crippen LogP contribution in [0.1, 0.15) is 36.6 Å². The Labute approximate surface area is 170 Å². The maximum atomic E-state index is 11.5. The average molecular weight is 441 g/mol. The van der Waals surface area contributed by atoms with Crippen LogP contribution < -0.4 is 9.88 Å². The zero-order valence-corrected chi connectivity index (χ0v) is 17.6. The summed E-state index contributed by atoms with van der Waals surface area (Å²) in [5.41, 5.74) is 0.418. The highest BCUT2D eigenvalue weighted by Gasteiger charge is 2.63. The molecule has 2 heterocycles. The van der Waals surface area contributed by atoms with E-state index in [0.717, 1.165) is 11.3 Å². The molecule has 0 radical (unpaired) electrons. The average Bonchev–Trinajstić information content (AvgIpc) is 3.08. The number of hydrogen-bond acceptors (Lipinski definition) is 8. The standard InChI is InChI=1S/C17H17ClN4O4S2/c1-17(2)12(13(17)16-20-7-11(27-16)28(19,23)24)15-21-14(22-26-15)9-6-8(18)4-5-10(9)25-3/h4-7,12-13H,1-3H3,(H2,19,23,24)/t12-,13-/m1/s1. The monoisotopic (exact) mass is 440 g/mol. The van der Waals surface area contributed by atoms with Gasteiger partial charge in [0.05, 0.1) is 29.8 Å². The van der Waals surface area contributed by atoms with Crippen molar-refractivity contribution >= 4 is 33.0 Å². The second-order valence-corrected chi connectivity index (χ2v) is 10.4. The van der Waals surface area contributed by atoms with E-state index >= 15 is 0 Å². The Morgan fingerprint density at radius 2 is 2.07 bits per heavy atom. The summed E-state index contributed by atoms with van der Waals surface area (Å²) in [5.74, 6) is 1.29. The molecular weight excluding hydrogens is 424 g/mol. The first-order valence-corrected chi connectivity index (χ1v) is 11.0. The van der Waals surface area contributed by atoms with E-state index < -0.39 is 10.0 Å². The highest BCUT2D eigenvalue weighted by Crippen LogP contribution is 2.70. The lowest BCUT2D eigenvalue weighted by Crippen LogP contribution is -2.09. The Hall–Kier alpha value is -2.01. The first-order chi connectivity index (χ1) is 13.1. The van der Waals surface area contributed by atoms with Crippen LogP contribution in [0.3, 0.4) is 0 Å². The summed E-state index contributed by atoms with van der Waals surface area (Å²) in [7, 11) is -2.22. The SMILES string of the molecule is COc1ccc(Cl)cc1-c1noc([C@H]2[C@H](c3ncc(S(N)(=O)=O)s3)C2(C)C)n1. The molecule has 4 rings (SSSR count). The molecule has 2 atom stereocenters. The quantitative estimate of drug-likeness (QED) is 0.645. The van der Waals surface area contributed by atoms with E-state index in [1.165, 1.54) is 6.20 Å². The molecule has 1 aromatic carbocycles. The van der Waals surface area contributed by atoms with E-state index in [0.29, 0.717) is 33.1 Å². The Bertz CT molecular complexity index is 1160. The van der Waals surface area contributed by atoms with Gasteiger partial charge in [-0.3, -0.25) is 0 Å². The van der Waals surface area contributed by atoms with Crippen LogP contribution in [-0.2, 0) is 10.0 Å². The number of sulfonamides is 1. The van der Waals surface area contributed by atoms with Gasteiger partial charge in [0, 0.05) is 10.9 Å². The largest absolute Gasteiger partial charge is 0.496 e. The van der Waals surface area contributed by atoms with Crippen molar-refractivity contribution in [3.8, 4) is 17.1 Å². The van der Waals surface area contributed by atoms with Gasteiger partial charge in [-0.2, -0.15) is 4.98 Å². The van der Waals surface area contributed by atoms with Crippen molar-refractivity contribution in [2.45, 2.75) is 29.9 Å². The molecule has 0 aliphatic heterocycles. The van der Waals surface area contributed by atoms with Crippen molar-refractivity contribution in [1.29, 1.82) is 0 Å². The van der Waals surface area contributed by atoms with Gasteiger partial charge >= 0.3 is 0 Å². The van der Waals surface area contributed by atoms with Crippen molar-refractivity contribution in [3.63, 3.8) is 0 Å². The van der Waals surface area contributed by atoms with Gasteiger partial charge in [-0.1, -0.05) is 30.6 Å². The van der Waals surface area contributed by atoms with Gasteiger partial charge in [-0.15, -0.1) is 11.3 Å². The minimum absolute atomic E-state index is 0.0393. The van der Waals surface area contributed by atoms with E-state index in [1.54, 1.807) is 25.3 Å². The zero-order valence-electron chi connectivity index (χ0n) is 15.2. The summed E-state index contributed by atoms with van der Waals surface area (Å²) in [6.07, 6.45) is 1.29. The fourth-order valence-electron chi connectivity index (χ4n) is 3.43. The van der Waals surface area contributed by atoms with Crippen LogP contribution in [0.25, 0.3) is 11.4 Å². The molecule has 0 bridgehead atoms. The van der Waals surface area contributed by atoms with E-state index in [4.69, 9.17) is 26.0 Å². The van der Waals surface area contributed by atoms with Crippen LogP contribution in [-0.4, -0.2) is 30.7 Å². The minimum Gasteiger partial charge on any atom is -0.496 e. The maximum Gasteiger partial charge on any atom is 0.249 e. The van der Waals surface area contributed by atoms with Crippen LogP contribution in [0.4, 0.5) is 0 Å². The number of nitrogens with two attached hydrogens (primary N) is 1. The topological polar surface area (TPSA) is 121 Å². The molecule has 1 aliphatic rings. The molecule has 28 heavy (non-hydrogen) atoms. The summed E-state index contributed by atoms with van der Waals surface area (Å²) in [4.78, 5) is 8.79. The molecule has 0 spiro atoms. The van der Waals surface area contributed by atoms with Crippen molar-refractivity contribution in [2.24, 2.45) is 10.6 Å². The van der Waals surface area contributed by atoms with Crippen molar-refractivity contribution in [1.82, 2.24) is 15.1 Å². The van der Waals surface area contributed by atoms with E-state index in [1.807, 2.05) is 13.8 Å². The lowest BCUT2D eigenvalue weighted by molar-refractivity contribution is 0.367. The summed E-state index contributed by atoms with van der Waals surface area (Å²) in [6, 6.07) is 5.17. The minimum atomic E-state index is -3.77. The smallest absolute Gasteiger partial charge is 0.249 e. The second-order valence-electron chi connectivity index (χ2n) is 7.14. The van der Waals surface area contributed by atoms with Gasteiger partial charge in [0.1, 0.15) is 5.75 Å². The lowest BCUT2D eigenvalue weighted by atomic mass is 10.1. The lowest BCUT2D eigenvalue weighted by Gasteiger charge is -2.04. The molecule has 1 saturated carbocycles. The van der Waals surface area contributed by atoms with Crippen molar-refractivity contribution in [3.05, 3.63) is 40.3 Å². The number of benzene rings is 1. The number of hydrogen-bond donors (Lipinski definition) is 1. The fourth-order valence-corrected chi connectivity index (χ4v) is 5.51. The predicted octanol–water partition coefficient (Wildman–Crippen LogP) is 3.41. The van der Waals surface area contributed by atoms with Crippen molar-refractivity contribution < 1.29 is 17.7 Å². The number of primary sulfonamides is 1. The molecule has 3 aromatic rings. The molecular formula is C17H17ClN4O4S2. The summed E-state index contributed by atoms with van der Waals surface area (Å²) >= 11 is 7.16. The van der Waals surface area contributed by atoms with Gasteiger partial charge in [0.2, 0.25) is 21.7 Å². The molecule has 2 N–H and O–H groups in total. The molecule has 11 heteroatoms. The molecule has 1 fully saturated rings. The van der Waals surface area contributed by atoms with E-state index in [2.05, 4.69) is 15.1 Å². The third-order valence-electron chi connectivity index (χ3n) is 4.99. The number of rotatable bonds is 5. The number of aromatic nitrogens is 3. The number of nitrogens with zero attached hydrogens (tertiary/aromatic N) is 3. The molecule has 0 amide bonds. The number of thiazole rings is 1. The maximum absolute atomic E-state index is 11.5. The number of halogens is 1. The molecule has 1 aliphatic carbocycles.